The molecular weight excluding hydrogens is 280 g/mol. The van der Waals surface area contributed by atoms with Gasteiger partial charge in [-0.2, -0.15) is 5.10 Å². The highest BCUT2D eigenvalue weighted by molar-refractivity contribution is 5.93. The van der Waals surface area contributed by atoms with Crippen LogP contribution >= 0.6 is 0 Å². The van der Waals surface area contributed by atoms with E-state index in [9.17, 15) is 4.79 Å². The lowest BCUT2D eigenvalue weighted by Gasteiger charge is -2.21. The second-order valence-electron chi connectivity index (χ2n) is 6.40. The highest BCUT2D eigenvalue weighted by Gasteiger charge is 2.41. The highest BCUT2D eigenvalue weighted by atomic mass is 16.5. The van der Waals surface area contributed by atoms with Crippen LogP contribution < -0.4 is 0 Å². The lowest BCUT2D eigenvalue weighted by atomic mass is 10.1. The zero-order valence-electron chi connectivity index (χ0n) is 13.8. The Hall–Kier alpha value is -1.40. The Morgan fingerprint density at radius 2 is 2.27 bits per heavy atom. The molecule has 2 saturated heterocycles. The van der Waals surface area contributed by atoms with Crippen LogP contribution in [0.5, 0.6) is 0 Å². The molecule has 6 heteroatoms. The standard InChI is InChI=1S/C16H26N4O2/c1-4-22-8-7-20-14(9-12(2)17-20)16(21)19-10-13-5-6-18(3)15(13)11-19/h9,13,15H,4-8,10-11H2,1-3H3/t13-,15+/m0/s1. The molecule has 22 heavy (non-hydrogen) atoms. The molecule has 0 aromatic carbocycles. The fraction of sp³-hybridized carbons (Fsp3) is 0.750. The summed E-state index contributed by atoms with van der Waals surface area (Å²) in [7, 11) is 2.16. The molecule has 0 spiro atoms. The number of nitrogens with zero attached hydrogens (tertiary/aromatic N) is 4. The van der Waals surface area contributed by atoms with Crippen molar-refractivity contribution in [1.82, 2.24) is 19.6 Å². The number of aryl methyl sites for hydroxylation is 1. The van der Waals surface area contributed by atoms with E-state index in [1.807, 2.05) is 24.8 Å². The molecule has 0 unspecified atom stereocenters. The van der Waals surface area contributed by atoms with Crippen molar-refractivity contribution in [2.75, 3.05) is 39.9 Å². The van der Waals surface area contributed by atoms with Crippen molar-refractivity contribution < 1.29 is 9.53 Å². The van der Waals surface area contributed by atoms with Crippen LogP contribution in [0.1, 0.15) is 29.5 Å². The zero-order chi connectivity index (χ0) is 15.7. The molecule has 1 amide bonds. The summed E-state index contributed by atoms with van der Waals surface area (Å²) >= 11 is 0. The Morgan fingerprint density at radius 1 is 1.45 bits per heavy atom. The van der Waals surface area contributed by atoms with Crippen LogP contribution in [-0.4, -0.2) is 71.4 Å². The molecule has 0 N–H and O–H groups in total. The third-order valence-corrected chi connectivity index (χ3v) is 4.89. The molecule has 0 bridgehead atoms. The van der Waals surface area contributed by atoms with Crippen LogP contribution in [0.15, 0.2) is 6.07 Å². The summed E-state index contributed by atoms with van der Waals surface area (Å²) in [6.45, 7) is 8.68. The monoisotopic (exact) mass is 306 g/mol. The number of ether oxygens (including phenoxy) is 1. The first-order valence-electron chi connectivity index (χ1n) is 8.22. The molecule has 1 aromatic rings. The van der Waals surface area contributed by atoms with Gasteiger partial charge in [0, 0.05) is 25.7 Å². The van der Waals surface area contributed by atoms with Gasteiger partial charge in [-0.15, -0.1) is 0 Å². The van der Waals surface area contributed by atoms with Gasteiger partial charge < -0.3 is 14.5 Å². The SMILES string of the molecule is CCOCCn1nc(C)cc1C(=O)N1C[C@@H]2CCN(C)[C@@H]2C1. The quantitative estimate of drug-likeness (QED) is 0.762. The number of carbonyl (C=O) groups is 1. The molecule has 6 nitrogen and oxygen atoms in total. The second kappa shape index (κ2) is 6.38. The largest absolute Gasteiger partial charge is 0.380 e. The van der Waals surface area contributed by atoms with Crippen LogP contribution in [0, 0.1) is 12.8 Å². The van der Waals surface area contributed by atoms with E-state index in [0.717, 1.165) is 25.3 Å². The van der Waals surface area contributed by atoms with E-state index >= 15 is 0 Å². The predicted octanol–water partition coefficient (Wildman–Crippen LogP) is 1.00. The number of aromatic nitrogens is 2. The van der Waals surface area contributed by atoms with Crippen LogP contribution in [0.4, 0.5) is 0 Å². The molecule has 0 saturated carbocycles. The van der Waals surface area contributed by atoms with Crippen molar-refractivity contribution in [3.63, 3.8) is 0 Å². The molecule has 2 atom stereocenters. The van der Waals surface area contributed by atoms with Crippen LogP contribution in [0.25, 0.3) is 0 Å². The summed E-state index contributed by atoms with van der Waals surface area (Å²) in [5.74, 6) is 0.745. The minimum Gasteiger partial charge on any atom is -0.380 e. The molecule has 2 aliphatic heterocycles. The van der Waals surface area contributed by atoms with Crippen molar-refractivity contribution >= 4 is 5.91 Å². The van der Waals surface area contributed by atoms with Gasteiger partial charge in [-0.25, -0.2) is 0 Å². The van der Waals surface area contributed by atoms with Crippen molar-refractivity contribution in [1.29, 1.82) is 0 Å². The lowest BCUT2D eigenvalue weighted by Crippen LogP contribution is -2.36. The Kier molecular flexibility index (Phi) is 4.49. The number of hydrogen-bond donors (Lipinski definition) is 0. The summed E-state index contributed by atoms with van der Waals surface area (Å²) in [6.07, 6.45) is 1.20. The van der Waals surface area contributed by atoms with Gasteiger partial charge in [-0.1, -0.05) is 0 Å². The average Bonchev–Trinajstić information content (AvgIpc) is 3.15. The Balaban J connectivity index is 1.70. The van der Waals surface area contributed by atoms with Crippen LogP contribution in [-0.2, 0) is 11.3 Å². The lowest BCUT2D eigenvalue weighted by molar-refractivity contribution is 0.0756. The molecule has 0 radical (unpaired) electrons. The van der Waals surface area contributed by atoms with E-state index < -0.39 is 0 Å². The number of carbonyl (C=O) groups excluding carboxylic acids is 1. The third-order valence-electron chi connectivity index (χ3n) is 4.89. The molecule has 3 heterocycles. The summed E-state index contributed by atoms with van der Waals surface area (Å²) < 4.78 is 7.19. The highest BCUT2D eigenvalue weighted by Crippen LogP contribution is 2.31. The van der Waals surface area contributed by atoms with Gasteiger partial charge in [0.25, 0.3) is 5.91 Å². The first-order valence-corrected chi connectivity index (χ1v) is 8.22. The number of likely N-dealkylation sites (tertiary alicyclic amines) is 2. The summed E-state index contributed by atoms with van der Waals surface area (Å²) in [5.41, 5.74) is 1.58. The van der Waals surface area contributed by atoms with Crippen LogP contribution in [0.3, 0.4) is 0 Å². The smallest absolute Gasteiger partial charge is 0.272 e. The van der Waals surface area contributed by atoms with E-state index in [-0.39, 0.29) is 5.91 Å². The summed E-state index contributed by atoms with van der Waals surface area (Å²) in [5, 5.41) is 4.44. The number of likely N-dealkylation sites (N-methyl/N-ethyl adjacent to an activating group) is 1. The molecule has 2 aliphatic rings. The number of hydrogen-bond acceptors (Lipinski definition) is 4. The van der Waals surface area contributed by atoms with Gasteiger partial charge in [0.2, 0.25) is 0 Å². The normalized spacial score (nSPS) is 25.0. The second-order valence-corrected chi connectivity index (χ2v) is 6.40. The average molecular weight is 306 g/mol. The number of rotatable bonds is 5. The van der Waals surface area contributed by atoms with E-state index in [1.165, 1.54) is 6.42 Å². The Bertz CT molecular complexity index is 542. The topological polar surface area (TPSA) is 50.6 Å². The Labute approximate surface area is 132 Å². The van der Waals surface area contributed by atoms with Gasteiger partial charge in [0.1, 0.15) is 5.69 Å². The van der Waals surface area contributed by atoms with Gasteiger partial charge in [0.15, 0.2) is 0 Å². The van der Waals surface area contributed by atoms with Crippen LogP contribution in [0.2, 0.25) is 0 Å². The van der Waals surface area contributed by atoms with E-state index in [1.54, 1.807) is 4.68 Å². The molecular formula is C16H26N4O2. The van der Waals surface area contributed by atoms with Gasteiger partial charge in [-0.05, 0) is 45.8 Å². The van der Waals surface area contributed by atoms with Crippen molar-refractivity contribution in [2.24, 2.45) is 5.92 Å². The van der Waals surface area contributed by atoms with E-state index in [0.29, 0.717) is 37.4 Å². The minimum absolute atomic E-state index is 0.111. The molecule has 1 aromatic heterocycles. The Morgan fingerprint density at radius 3 is 3.00 bits per heavy atom. The maximum absolute atomic E-state index is 12.9. The molecule has 122 valence electrons. The predicted molar refractivity (Wildman–Crippen MR) is 83.9 cm³/mol. The fourth-order valence-electron chi connectivity index (χ4n) is 3.68. The summed E-state index contributed by atoms with van der Waals surface area (Å²) in [6, 6.07) is 2.43. The first kappa shape index (κ1) is 15.5. The number of fused-ring (bicyclic) bond motifs is 1. The van der Waals surface area contributed by atoms with E-state index in [4.69, 9.17) is 4.74 Å². The first-order chi connectivity index (χ1) is 10.6. The molecule has 2 fully saturated rings. The molecule has 3 rings (SSSR count). The maximum Gasteiger partial charge on any atom is 0.272 e. The minimum atomic E-state index is 0.111. The van der Waals surface area contributed by atoms with E-state index in [2.05, 4.69) is 17.0 Å². The van der Waals surface area contributed by atoms with Crippen molar-refractivity contribution in [2.45, 2.75) is 32.9 Å². The van der Waals surface area contributed by atoms with Gasteiger partial charge in [-0.3, -0.25) is 9.48 Å². The zero-order valence-corrected chi connectivity index (χ0v) is 13.8. The van der Waals surface area contributed by atoms with Gasteiger partial charge in [0.05, 0.1) is 18.8 Å². The molecule has 0 aliphatic carbocycles. The van der Waals surface area contributed by atoms with Crippen molar-refractivity contribution in [3.8, 4) is 0 Å². The maximum atomic E-state index is 12.9. The van der Waals surface area contributed by atoms with Gasteiger partial charge >= 0.3 is 0 Å². The fourth-order valence-corrected chi connectivity index (χ4v) is 3.68. The number of amides is 1. The summed E-state index contributed by atoms with van der Waals surface area (Å²) in [4.78, 5) is 17.2. The third kappa shape index (κ3) is 2.90. The van der Waals surface area contributed by atoms with Crippen molar-refractivity contribution in [3.05, 3.63) is 17.5 Å².